The summed E-state index contributed by atoms with van der Waals surface area (Å²) in [5.41, 5.74) is 2.78. The van der Waals surface area contributed by atoms with Crippen LogP contribution in [0, 0.1) is 0 Å². The molecular weight excluding hydrogens is 318 g/mol. The van der Waals surface area contributed by atoms with Crippen LogP contribution >= 0.6 is 11.3 Å². The van der Waals surface area contributed by atoms with E-state index in [9.17, 15) is 0 Å². The van der Waals surface area contributed by atoms with Crippen LogP contribution in [0.25, 0.3) is 31.3 Å². The van der Waals surface area contributed by atoms with Crippen molar-refractivity contribution in [2.45, 2.75) is 0 Å². The fraction of sp³-hybridized carbons (Fsp3) is 0. The van der Waals surface area contributed by atoms with E-state index in [1.54, 1.807) is 30.1 Å². The number of rotatable bonds is 2. The van der Waals surface area contributed by atoms with Crippen molar-refractivity contribution in [2.75, 3.05) is 5.32 Å². The Morgan fingerprint density at radius 2 is 1.67 bits per heavy atom. The number of fused-ring (bicyclic) bond motifs is 4. The van der Waals surface area contributed by atoms with Crippen LogP contribution in [0.4, 0.5) is 11.5 Å². The second kappa shape index (κ2) is 5.21. The lowest BCUT2D eigenvalue weighted by Gasteiger charge is -2.08. The standard InChI is InChI=1S/C18H11N5S/c1-4-11-5-2-8-19-14(11)13(7-1)23-17-16-15(21-10-22-17)12-6-3-9-20-18(12)24-16/h1-10H,(H,21,22,23). The first-order chi connectivity index (χ1) is 11.9. The molecule has 114 valence electrons. The van der Waals surface area contributed by atoms with Gasteiger partial charge in [0.05, 0.1) is 21.4 Å². The summed E-state index contributed by atoms with van der Waals surface area (Å²) in [6.45, 7) is 0. The number of hydrogen-bond acceptors (Lipinski definition) is 6. The van der Waals surface area contributed by atoms with Gasteiger partial charge in [-0.25, -0.2) is 15.0 Å². The molecule has 0 atom stereocenters. The van der Waals surface area contributed by atoms with E-state index in [0.717, 1.165) is 42.8 Å². The maximum atomic E-state index is 4.49. The Labute approximate surface area is 141 Å². The van der Waals surface area contributed by atoms with E-state index in [1.807, 2.05) is 42.5 Å². The second-order valence-corrected chi connectivity index (χ2v) is 6.36. The number of pyridine rings is 2. The first-order valence-electron chi connectivity index (χ1n) is 7.49. The molecule has 0 radical (unpaired) electrons. The first-order valence-corrected chi connectivity index (χ1v) is 8.31. The number of anilines is 2. The van der Waals surface area contributed by atoms with Crippen LogP contribution < -0.4 is 5.32 Å². The number of aromatic nitrogens is 4. The molecule has 0 fully saturated rings. The van der Waals surface area contributed by atoms with Gasteiger partial charge in [-0.05, 0) is 24.3 Å². The molecule has 6 heteroatoms. The van der Waals surface area contributed by atoms with Crippen LogP contribution in [0.2, 0.25) is 0 Å². The highest BCUT2D eigenvalue weighted by Gasteiger charge is 2.12. The van der Waals surface area contributed by atoms with Crippen LogP contribution in [-0.4, -0.2) is 19.9 Å². The predicted molar refractivity (Wildman–Crippen MR) is 97.7 cm³/mol. The average molecular weight is 329 g/mol. The van der Waals surface area contributed by atoms with E-state index in [2.05, 4.69) is 25.3 Å². The summed E-state index contributed by atoms with van der Waals surface area (Å²) in [4.78, 5) is 18.8. The summed E-state index contributed by atoms with van der Waals surface area (Å²) in [6.07, 6.45) is 5.18. The molecule has 5 nitrogen and oxygen atoms in total. The maximum Gasteiger partial charge on any atom is 0.151 e. The van der Waals surface area contributed by atoms with Gasteiger partial charge in [0.2, 0.25) is 0 Å². The highest BCUT2D eigenvalue weighted by molar-refractivity contribution is 7.25. The molecule has 4 heterocycles. The monoisotopic (exact) mass is 329 g/mol. The smallest absolute Gasteiger partial charge is 0.151 e. The fourth-order valence-electron chi connectivity index (χ4n) is 2.83. The van der Waals surface area contributed by atoms with Gasteiger partial charge in [0.25, 0.3) is 0 Å². The van der Waals surface area contributed by atoms with Gasteiger partial charge in [-0.2, -0.15) is 0 Å². The molecule has 4 aromatic heterocycles. The van der Waals surface area contributed by atoms with Gasteiger partial charge < -0.3 is 5.32 Å². The van der Waals surface area contributed by atoms with Crippen molar-refractivity contribution in [1.29, 1.82) is 0 Å². The zero-order valence-electron chi connectivity index (χ0n) is 12.5. The quantitative estimate of drug-likeness (QED) is 0.515. The number of para-hydroxylation sites is 1. The number of hydrogen-bond donors (Lipinski definition) is 1. The summed E-state index contributed by atoms with van der Waals surface area (Å²) >= 11 is 1.59. The third kappa shape index (κ3) is 2.00. The van der Waals surface area contributed by atoms with Crippen molar-refractivity contribution in [3.63, 3.8) is 0 Å². The number of benzene rings is 1. The Bertz CT molecular complexity index is 1190. The molecule has 0 amide bonds. The average Bonchev–Trinajstić information content (AvgIpc) is 3.02. The minimum absolute atomic E-state index is 0.779. The molecular formula is C18H11N5S. The molecule has 5 aromatic rings. The zero-order chi connectivity index (χ0) is 15.9. The maximum absolute atomic E-state index is 4.49. The molecule has 1 aromatic carbocycles. The lowest BCUT2D eigenvalue weighted by Crippen LogP contribution is -1.96. The summed E-state index contributed by atoms with van der Waals surface area (Å²) in [5, 5.41) is 5.56. The molecule has 1 N–H and O–H groups in total. The highest BCUT2D eigenvalue weighted by Crippen LogP contribution is 2.36. The third-order valence-corrected chi connectivity index (χ3v) is 5.02. The van der Waals surface area contributed by atoms with E-state index < -0.39 is 0 Å². The van der Waals surface area contributed by atoms with Crippen molar-refractivity contribution in [1.82, 2.24) is 19.9 Å². The van der Waals surface area contributed by atoms with Gasteiger partial charge in [-0.1, -0.05) is 18.2 Å². The summed E-state index contributed by atoms with van der Waals surface area (Å²) in [5.74, 6) is 0.779. The van der Waals surface area contributed by atoms with Gasteiger partial charge in [0, 0.05) is 23.2 Å². The van der Waals surface area contributed by atoms with Crippen LogP contribution in [0.15, 0.2) is 61.2 Å². The largest absolute Gasteiger partial charge is 0.337 e. The molecule has 0 spiro atoms. The van der Waals surface area contributed by atoms with Crippen LogP contribution in [-0.2, 0) is 0 Å². The van der Waals surface area contributed by atoms with Gasteiger partial charge in [0.15, 0.2) is 5.82 Å². The van der Waals surface area contributed by atoms with E-state index in [0.29, 0.717) is 0 Å². The third-order valence-electron chi connectivity index (χ3n) is 3.91. The molecule has 0 aliphatic carbocycles. The van der Waals surface area contributed by atoms with E-state index in [1.165, 1.54) is 0 Å². The predicted octanol–water partition coefficient (Wildman–Crippen LogP) is 4.53. The van der Waals surface area contributed by atoms with Crippen molar-refractivity contribution in [3.8, 4) is 0 Å². The molecule has 0 unspecified atom stereocenters. The van der Waals surface area contributed by atoms with Crippen molar-refractivity contribution >= 4 is 54.2 Å². The lowest BCUT2D eigenvalue weighted by molar-refractivity contribution is 1.23. The Balaban J connectivity index is 1.72. The van der Waals surface area contributed by atoms with Crippen molar-refractivity contribution in [3.05, 3.63) is 61.2 Å². The zero-order valence-corrected chi connectivity index (χ0v) is 13.3. The van der Waals surface area contributed by atoms with Gasteiger partial charge >= 0.3 is 0 Å². The molecule has 24 heavy (non-hydrogen) atoms. The number of nitrogens with one attached hydrogen (secondary N) is 1. The topological polar surface area (TPSA) is 63.6 Å². The highest BCUT2D eigenvalue weighted by atomic mass is 32.1. The molecule has 0 saturated carbocycles. The molecule has 0 aliphatic rings. The number of thiophene rings is 1. The van der Waals surface area contributed by atoms with Crippen LogP contribution in [0.5, 0.6) is 0 Å². The van der Waals surface area contributed by atoms with E-state index in [-0.39, 0.29) is 0 Å². The van der Waals surface area contributed by atoms with E-state index in [4.69, 9.17) is 0 Å². The summed E-state index contributed by atoms with van der Waals surface area (Å²) in [6, 6.07) is 14.0. The summed E-state index contributed by atoms with van der Waals surface area (Å²) < 4.78 is 0.999. The Morgan fingerprint density at radius 1 is 0.792 bits per heavy atom. The van der Waals surface area contributed by atoms with E-state index >= 15 is 0 Å². The molecule has 0 saturated heterocycles. The lowest BCUT2D eigenvalue weighted by atomic mass is 10.2. The van der Waals surface area contributed by atoms with Crippen LogP contribution in [0.3, 0.4) is 0 Å². The second-order valence-electron chi connectivity index (χ2n) is 5.36. The molecule has 0 aliphatic heterocycles. The summed E-state index contributed by atoms with van der Waals surface area (Å²) in [7, 11) is 0. The van der Waals surface area contributed by atoms with Gasteiger partial charge in [-0.3, -0.25) is 4.98 Å². The van der Waals surface area contributed by atoms with Gasteiger partial charge in [-0.15, -0.1) is 11.3 Å². The van der Waals surface area contributed by atoms with Crippen LogP contribution in [0.1, 0.15) is 0 Å². The Morgan fingerprint density at radius 3 is 2.67 bits per heavy atom. The SMILES string of the molecule is c1cnc2c(Nc3ncnc4c3sc3ncccc34)cccc2c1. The normalized spacial score (nSPS) is 11.3. The van der Waals surface area contributed by atoms with Crippen molar-refractivity contribution < 1.29 is 0 Å². The molecule has 0 bridgehead atoms. The molecule has 5 rings (SSSR count). The van der Waals surface area contributed by atoms with Gasteiger partial charge in [0.1, 0.15) is 11.2 Å². The Hall–Kier alpha value is -3.12. The first kappa shape index (κ1) is 13.3. The number of nitrogens with zero attached hydrogens (tertiary/aromatic N) is 4. The minimum Gasteiger partial charge on any atom is -0.337 e. The minimum atomic E-state index is 0.779. The fourth-order valence-corrected chi connectivity index (χ4v) is 3.87. The Kier molecular flexibility index (Phi) is 2.89. The van der Waals surface area contributed by atoms with Crippen molar-refractivity contribution in [2.24, 2.45) is 0 Å².